The average Bonchev–Trinajstić information content (AvgIpc) is 2.39. The molecule has 2 aromatic rings. The van der Waals surface area contributed by atoms with Crippen molar-refractivity contribution in [3.8, 4) is 0 Å². The van der Waals surface area contributed by atoms with E-state index in [2.05, 4.69) is 31.2 Å². The van der Waals surface area contributed by atoms with Crippen LogP contribution in [-0.4, -0.2) is 11.2 Å². The molecule has 0 aliphatic rings. The van der Waals surface area contributed by atoms with Crippen molar-refractivity contribution in [3.05, 3.63) is 71.8 Å². The van der Waals surface area contributed by atoms with Crippen LogP contribution in [0.3, 0.4) is 0 Å². The summed E-state index contributed by atoms with van der Waals surface area (Å²) in [7, 11) is 0. The van der Waals surface area contributed by atoms with Gasteiger partial charge in [0.25, 0.3) is 0 Å². The Hall–Kier alpha value is -1.60. The summed E-state index contributed by atoms with van der Waals surface area (Å²) in [5.41, 5.74) is 1.92. The minimum absolute atomic E-state index is 0.359. The molecule has 1 heteroatoms. The highest BCUT2D eigenvalue weighted by atomic mass is 16.3. The zero-order valence-corrected chi connectivity index (χ0v) is 10.3. The Labute approximate surface area is 103 Å². The van der Waals surface area contributed by atoms with Crippen molar-refractivity contribution in [2.45, 2.75) is 25.4 Å². The molecule has 0 amide bonds. The van der Waals surface area contributed by atoms with Crippen molar-refractivity contribution < 1.29 is 5.11 Å². The number of rotatable bonds is 3. The number of hydrogen-bond acceptors (Lipinski definition) is 1. The Morgan fingerprint density at radius 1 is 0.824 bits per heavy atom. The number of hydrogen-bond donors (Lipinski definition) is 1. The van der Waals surface area contributed by atoms with Crippen LogP contribution in [0, 0.1) is 0 Å². The SMILES string of the molecule is C[C@H](O)C(C)(c1ccccc1)c1ccccc1. The van der Waals surface area contributed by atoms with Crippen LogP contribution in [0.25, 0.3) is 0 Å². The van der Waals surface area contributed by atoms with Gasteiger partial charge in [0.1, 0.15) is 0 Å². The minimum Gasteiger partial charge on any atom is -0.392 e. The Bertz CT molecular complexity index is 420. The Kier molecular flexibility index (Phi) is 3.30. The van der Waals surface area contributed by atoms with E-state index in [4.69, 9.17) is 0 Å². The standard InChI is InChI=1S/C16H18O/c1-13(17)16(2,14-9-5-3-6-10-14)15-11-7-4-8-12-15/h3-13,17H,1-2H3/t13-/m0/s1. The molecular weight excluding hydrogens is 208 g/mol. The molecule has 2 aromatic carbocycles. The van der Waals surface area contributed by atoms with E-state index < -0.39 is 6.10 Å². The molecule has 0 radical (unpaired) electrons. The summed E-state index contributed by atoms with van der Waals surface area (Å²) in [6, 6.07) is 20.3. The van der Waals surface area contributed by atoms with E-state index >= 15 is 0 Å². The summed E-state index contributed by atoms with van der Waals surface area (Å²) in [4.78, 5) is 0. The van der Waals surface area contributed by atoms with Crippen LogP contribution >= 0.6 is 0 Å². The maximum atomic E-state index is 10.2. The van der Waals surface area contributed by atoms with Crippen LogP contribution in [0.1, 0.15) is 25.0 Å². The molecule has 0 spiro atoms. The molecule has 0 aromatic heterocycles. The van der Waals surface area contributed by atoms with Crippen LogP contribution < -0.4 is 0 Å². The monoisotopic (exact) mass is 226 g/mol. The first-order chi connectivity index (χ1) is 8.15. The van der Waals surface area contributed by atoms with Gasteiger partial charge in [-0.3, -0.25) is 0 Å². The molecule has 1 atom stereocenters. The highest BCUT2D eigenvalue weighted by Crippen LogP contribution is 2.34. The summed E-state index contributed by atoms with van der Waals surface area (Å²) in [5.74, 6) is 0. The minimum atomic E-state index is -0.438. The lowest BCUT2D eigenvalue weighted by Crippen LogP contribution is -2.35. The van der Waals surface area contributed by atoms with Gasteiger partial charge in [0.15, 0.2) is 0 Å². The van der Waals surface area contributed by atoms with Crippen LogP contribution in [0.2, 0.25) is 0 Å². The molecule has 1 nitrogen and oxygen atoms in total. The highest BCUT2D eigenvalue weighted by Gasteiger charge is 2.33. The van der Waals surface area contributed by atoms with Crippen molar-refractivity contribution in [3.63, 3.8) is 0 Å². The van der Waals surface area contributed by atoms with Crippen molar-refractivity contribution in [2.24, 2.45) is 0 Å². The second-order valence-electron chi connectivity index (χ2n) is 4.61. The van der Waals surface area contributed by atoms with E-state index in [0.717, 1.165) is 11.1 Å². The van der Waals surface area contributed by atoms with Crippen molar-refractivity contribution in [1.29, 1.82) is 0 Å². The van der Waals surface area contributed by atoms with Crippen LogP contribution in [0.5, 0.6) is 0 Å². The lowest BCUT2D eigenvalue weighted by atomic mass is 9.72. The molecule has 17 heavy (non-hydrogen) atoms. The lowest BCUT2D eigenvalue weighted by Gasteiger charge is -2.34. The van der Waals surface area contributed by atoms with Gasteiger partial charge in [0, 0.05) is 5.41 Å². The number of aliphatic hydroxyl groups is 1. The molecule has 1 N–H and O–H groups in total. The van der Waals surface area contributed by atoms with Gasteiger partial charge < -0.3 is 5.11 Å². The Balaban J connectivity index is 2.55. The van der Waals surface area contributed by atoms with E-state index in [1.54, 1.807) is 0 Å². The zero-order valence-electron chi connectivity index (χ0n) is 10.3. The third kappa shape index (κ3) is 2.11. The molecule has 0 saturated carbocycles. The summed E-state index contributed by atoms with van der Waals surface area (Å²) in [5, 5.41) is 10.2. The highest BCUT2D eigenvalue weighted by molar-refractivity contribution is 5.39. The van der Waals surface area contributed by atoms with Gasteiger partial charge in [0.2, 0.25) is 0 Å². The van der Waals surface area contributed by atoms with Gasteiger partial charge in [-0.2, -0.15) is 0 Å². The van der Waals surface area contributed by atoms with Gasteiger partial charge in [-0.1, -0.05) is 60.7 Å². The molecule has 0 bridgehead atoms. The van der Waals surface area contributed by atoms with Crippen molar-refractivity contribution in [2.75, 3.05) is 0 Å². The largest absolute Gasteiger partial charge is 0.392 e. The lowest BCUT2D eigenvalue weighted by molar-refractivity contribution is 0.129. The van der Waals surface area contributed by atoms with Gasteiger partial charge in [-0.25, -0.2) is 0 Å². The fraction of sp³-hybridized carbons (Fsp3) is 0.250. The fourth-order valence-corrected chi connectivity index (χ4v) is 2.22. The smallest absolute Gasteiger partial charge is 0.0646 e. The van der Waals surface area contributed by atoms with E-state index in [9.17, 15) is 5.11 Å². The molecule has 88 valence electrons. The van der Waals surface area contributed by atoms with Crippen LogP contribution in [0.15, 0.2) is 60.7 Å². The summed E-state index contributed by atoms with van der Waals surface area (Å²) < 4.78 is 0. The molecule has 0 aliphatic carbocycles. The van der Waals surface area contributed by atoms with Crippen molar-refractivity contribution >= 4 is 0 Å². The maximum Gasteiger partial charge on any atom is 0.0646 e. The first-order valence-corrected chi connectivity index (χ1v) is 5.95. The van der Waals surface area contributed by atoms with E-state index in [1.807, 2.05) is 43.3 Å². The van der Waals surface area contributed by atoms with E-state index in [1.165, 1.54) is 0 Å². The number of aliphatic hydroxyl groups excluding tert-OH is 1. The predicted octanol–water partition coefficient (Wildman–Crippen LogP) is 3.37. The molecule has 0 aliphatic heterocycles. The molecule has 0 saturated heterocycles. The molecule has 0 unspecified atom stereocenters. The molecular formula is C16H18O. The Morgan fingerprint density at radius 2 is 1.18 bits per heavy atom. The predicted molar refractivity (Wildman–Crippen MR) is 71.0 cm³/mol. The van der Waals surface area contributed by atoms with Gasteiger partial charge in [0.05, 0.1) is 6.10 Å². The normalized spacial score (nSPS) is 13.4. The summed E-state index contributed by atoms with van der Waals surface area (Å²) in [6.07, 6.45) is -0.438. The van der Waals surface area contributed by atoms with Gasteiger partial charge in [-0.15, -0.1) is 0 Å². The fourth-order valence-electron chi connectivity index (χ4n) is 2.22. The topological polar surface area (TPSA) is 20.2 Å². The summed E-state index contributed by atoms with van der Waals surface area (Å²) in [6.45, 7) is 3.93. The Morgan fingerprint density at radius 3 is 1.47 bits per heavy atom. The third-order valence-electron chi connectivity index (χ3n) is 3.58. The first-order valence-electron chi connectivity index (χ1n) is 5.95. The van der Waals surface area contributed by atoms with E-state index in [-0.39, 0.29) is 5.41 Å². The number of benzene rings is 2. The first kappa shape index (κ1) is 11.9. The molecule has 0 heterocycles. The maximum absolute atomic E-state index is 10.2. The third-order valence-corrected chi connectivity index (χ3v) is 3.58. The molecule has 2 rings (SSSR count). The van der Waals surface area contributed by atoms with Gasteiger partial charge >= 0.3 is 0 Å². The van der Waals surface area contributed by atoms with Crippen LogP contribution in [-0.2, 0) is 5.41 Å². The second kappa shape index (κ2) is 4.72. The van der Waals surface area contributed by atoms with Gasteiger partial charge in [-0.05, 0) is 25.0 Å². The summed E-state index contributed by atoms with van der Waals surface area (Å²) >= 11 is 0. The molecule has 0 fully saturated rings. The quantitative estimate of drug-likeness (QED) is 0.850. The zero-order chi connectivity index (χ0) is 12.3. The van der Waals surface area contributed by atoms with E-state index in [0.29, 0.717) is 0 Å². The van der Waals surface area contributed by atoms with Crippen molar-refractivity contribution in [1.82, 2.24) is 0 Å². The van der Waals surface area contributed by atoms with Crippen LogP contribution in [0.4, 0.5) is 0 Å². The second-order valence-corrected chi connectivity index (χ2v) is 4.61. The average molecular weight is 226 g/mol.